The highest BCUT2D eigenvalue weighted by molar-refractivity contribution is 5.77. The van der Waals surface area contributed by atoms with E-state index in [1.807, 2.05) is 7.05 Å². The number of amides is 1. The molecule has 0 aromatic carbocycles. The zero-order valence-corrected chi connectivity index (χ0v) is 13.0. The molecule has 2 heterocycles. The molecule has 2 saturated heterocycles. The summed E-state index contributed by atoms with van der Waals surface area (Å²) < 4.78 is 10.9. The molecule has 0 aromatic heterocycles. The van der Waals surface area contributed by atoms with Gasteiger partial charge in [0.2, 0.25) is 5.91 Å². The van der Waals surface area contributed by atoms with Gasteiger partial charge in [0.25, 0.3) is 0 Å². The predicted molar refractivity (Wildman–Crippen MR) is 79.1 cm³/mol. The average molecular weight is 300 g/mol. The first-order valence-electron chi connectivity index (χ1n) is 7.94. The van der Waals surface area contributed by atoms with Gasteiger partial charge in [0.1, 0.15) is 6.61 Å². The van der Waals surface area contributed by atoms with Crippen molar-refractivity contribution >= 4 is 5.91 Å². The van der Waals surface area contributed by atoms with E-state index in [2.05, 4.69) is 10.2 Å². The molecule has 1 amide bonds. The maximum absolute atomic E-state index is 11.7. The van der Waals surface area contributed by atoms with Crippen molar-refractivity contribution in [1.29, 1.82) is 0 Å². The molecule has 0 saturated carbocycles. The van der Waals surface area contributed by atoms with Crippen LogP contribution in [0.4, 0.5) is 0 Å². The fourth-order valence-electron chi connectivity index (χ4n) is 2.75. The second kappa shape index (κ2) is 8.08. The number of piperidine rings is 1. The molecule has 122 valence electrons. The molecule has 6 heteroatoms. The number of aliphatic hydroxyl groups is 1. The Morgan fingerprint density at radius 3 is 2.86 bits per heavy atom. The third-order valence-corrected chi connectivity index (χ3v) is 4.34. The summed E-state index contributed by atoms with van der Waals surface area (Å²) in [5, 5.41) is 13.1. The average Bonchev–Trinajstić information content (AvgIpc) is 2.50. The Hall–Kier alpha value is -0.690. The van der Waals surface area contributed by atoms with E-state index in [9.17, 15) is 9.90 Å². The summed E-state index contributed by atoms with van der Waals surface area (Å²) in [5.41, 5.74) is -0.769. The van der Waals surface area contributed by atoms with Crippen LogP contribution in [0.1, 0.15) is 32.1 Å². The Balaban J connectivity index is 1.56. The van der Waals surface area contributed by atoms with Crippen LogP contribution >= 0.6 is 0 Å². The number of likely N-dealkylation sites (tertiary alicyclic amines) is 1. The molecule has 0 bridgehead atoms. The molecule has 0 radical (unpaired) electrons. The lowest BCUT2D eigenvalue weighted by atomic mass is 9.91. The van der Waals surface area contributed by atoms with Crippen molar-refractivity contribution in [2.45, 2.75) is 43.8 Å². The zero-order chi connectivity index (χ0) is 15.1. The largest absolute Gasteiger partial charge is 0.388 e. The number of carbonyl (C=O) groups excluding carboxylic acids is 1. The molecular formula is C15H28N2O4. The van der Waals surface area contributed by atoms with Crippen LogP contribution in [-0.2, 0) is 14.3 Å². The van der Waals surface area contributed by atoms with Gasteiger partial charge in [-0.3, -0.25) is 4.79 Å². The summed E-state index contributed by atoms with van der Waals surface area (Å²) >= 11 is 0. The lowest BCUT2D eigenvalue weighted by molar-refractivity contribution is -0.129. The lowest BCUT2D eigenvalue weighted by Gasteiger charge is -2.36. The van der Waals surface area contributed by atoms with Gasteiger partial charge in [-0.15, -0.1) is 0 Å². The van der Waals surface area contributed by atoms with Crippen LogP contribution in [0.5, 0.6) is 0 Å². The molecule has 6 nitrogen and oxygen atoms in total. The van der Waals surface area contributed by atoms with E-state index in [1.54, 1.807) is 0 Å². The van der Waals surface area contributed by atoms with E-state index >= 15 is 0 Å². The van der Waals surface area contributed by atoms with Gasteiger partial charge in [0, 0.05) is 26.2 Å². The molecule has 2 rings (SSSR count). The van der Waals surface area contributed by atoms with Crippen LogP contribution < -0.4 is 5.32 Å². The minimum absolute atomic E-state index is 0.0375. The molecule has 2 aliphatic heterocycles. The van der Waals surface area contributed by atoms with E-state index in [0.717, 1.165) is 32.5 Å². The molecule has 21 heavy (non-hydrogen) atoms. The highest BCUT2D eigenvalue weighted by Crippen LogP contribution is 2.20. The number of hydrogen-bond acceptors (Lipinski definition) is 5. The smallest absolute Gasteiger partial charge is 0.246 e. The summed E-state index contributed by atoms with van der Waals surface area (Å²) in [6.45, 7) is 3.34. The number of nitrogens with one attached hydrogen (secondary N) is 1. The molecule has 2 fully saturated rings. The van der Waals surface area contributed by atoms with E-state index in [0.29, 0.717) is 26.0 Å². The second-order valence-corrected chi connectivity index (χ2v) is 6.31. The number of carbonyl (C=O) groups is 1. The van der Waals surface area contributed by atoms with Crippen molar-refractivity contribution in [3.05, 3.63) is 0 Å². The zero-order valence-electron chi connectivity index (χ0n) is 13.0. The molecule has 2 N–H and O–H groups in total. The number of nitrogens with zero attached hydrogens (tertiary/aromatic N) is 1. The van der Waals surface area contributed by atoms with Gasteiger partial charge >= 0.3 is 0 Å². The minimum atomic E-state index is -0.769. The number of rotatable bonds is 6. The Bertz CT molecular complexity index is 324. The Kier molecular flexibility index (Phi) is 6.41. The van der Waals surface area contributed by atoms with Gasteiger partial charge in [0.05, 0.1) is 18.3 Å². The Labute approximate surface area is 126 Å². The standard InChI is InChI=1S/C15H28N2O4/c1-17-7-5-15(19,6-8-17)12-16-14(18)11-20-10-13-4-2-3-9-21-13/h13,19H,2-12H2,1H3,(H,16,18). The highest BCUT2D eigenvalue weighted by atomic mass is 16.5. The fourth-order valence-corrected chi connectivity index (χ4v) is 2.75. The van der Waals surface area contributed by atoms with E-state index in [-0.39, 0.29) is 18.6 Å². The maximum atomic E-state index is 11.7. The first-order valence-corrected chi connectivity index (χ1v) is 7.94. The first-order chi connectivity index (χ1) is 10.1. The van der Waals surface area contributed by atoms with Crippen molar-refractivity contribution in [3.63, 3.8) is 0 Å². The summed E-state index contributed by atoms with van der Waals surface area (Å²) in [4.78, 5) is 13.9. The molecule has 1 unspecified atom stereocenters. The first kappa shape index (κ1) is 16.7. The third-order valence-electron chi connectivity index (χ3n) is 4.34. The van der Waals surface area contributed by atoms with Crippen molar-refractivity contribution in [2.75, 3.05) is 46.5 Å². The normalized spacial score (nSPS) is 26.5. The van der Waals surface area contributed by atoms with Crippen LogP contribution in [0, 0.1) is 0 Å². The van der Waals surface area contributed by atoms with E-state index < -0.39 is 5.60 Å². The maximum Gasteiger partial charge on any atom is 0.246 e. The molecular weight excluding hydrogens is 272 g/mol. The summed E-state index contributed by atoms with van der Waals surface area (Å²) in [7, 11) is 2.04. The summed E-state index contributed by atoms with van der Waals surface area (Å²) in [6.07, 6.45) is 4.81. The third kappa shape index (κ3) is 5.90. The molecule has 1 atom stereocenters. The highest BCUT2D eigenvalue weighted by Gasteiger charge is 2.31. The number of hydrogen-bond donors (Lipinski definition) is 2. The van der Waals surface area contributed by atoms with Crippen molar-refractivity contribution in [2.24, 2.45) is 0 Å². The van der Waals surface area contributed by atoms with Gasteiger partial charge in [-0.1, -0.05) is 0 Å². The van der Waals surface area contributed by atoms with Crippen LogP contribution in [0.15, 0.2) is 0 Å². The van der Waals surface area contributed by atoms with Gasteiger partial charge in [-0.05, 0) is 39.2 Å². The summed E-state index contributed by atoms with van der Waals surface area (Å²) in [6, 6.07) is 0. The Morgan fingerprint density at radius 1 is 1.43 bits per heavy atom. The minimum Gasteiger partial charge on any atom is -0.388 e. The summed E-state index contributed by atoms with van der Waals surface area (Å²) in [5.74, 6) is -0.168. The fraction of sp³-hybridized carbons (Fsp3) is 0.933. The van der Waals surface area contributed by atoms with Crippen molar-refractivity contribution in [1.82, 2.24) is 10.2 Å². The SMILES string of the molecule is CN1CCC(O)(CNC(=O)COCC2CCCCO2)CC1. The van der Waals surface area contributed by atoms with Crippen LogP contribution in [-0.4, -0.2) is 74.1 Å². The molecule has 2 aliphatic rings. The van der Waals surface area contributed by atoms with Gasteiger partial charge in [-0.25, -0.2) is 0 Å². The second-order valence-electron chi connectivity index (χ2n) is 6.31. The lowest BCUT2D eigenvalue weighted by Crippen LogP contribution is -2.50. The predicted octanol–water partition coefficient (Wildman–Crippen LogP) is 0.145. The van der Waals surface area contributed by atoms with Crippen molar-refractivity contribution in [3.8, 4) is 0 Å². The molecule has 0 aromatic rings. The monoisotopic (exact) mass is 300 g/mol. The van der Waals surface area contributed by atoms with Crippen LogP contribution in [0.2, 0.25) is 0 Å². The Morgan fingerprint density at radius 2 is 2.19 bits per heavy atom. The topological polar surface area (TPSA) is 71.0 Å². The van der Waals surface area contributed by atoms with Crippen molar-refractivity contribution < 1.29 is 19.4 Å². The van der Waals surface area contributed by atoms with Crippen LogP contribution in [0.3, 0.4) is 0 Å². The van der Waals surface area contributed by atoms with Gasteiger partial charge in [0.15, 0.2) is 0 Å². The molecule has 0 spiro atoms. The van der Waals surface area contributed by atoms with Crippen LogP contribution in [0.25, 0.3) is 0 Å². The quantitative estimate of drug-likeness (QED) is 0.730. The van der Waals surface area contributed by atoms with E-state index in [4.69, 9.17) is 9.47 Å². The molecule has 0 aliphatic carbocycles. The van der Waals surface area contributed by atoms with Gasteiger partial charge in [-0.2, -0.15) is 0 Å². The number of ether oxygens (including phenoxy) is 2. The van der Waals surface area contributed by atoms with Gasteiger partial charge < -0.3 is 24.8 Å². The van der Waals surface area contributed by atoms with E-state index in [1.165, 1.54) is 6.42 Å².